The standard InChI is InChI=1S/C18H15N5O3/c1-11-4-6-13(7-5-11)16-20-14(26-22-16)10-25-18(24)15-12(2)21-23-9-3-8-19-17(15)23/h3-9H,10H2,1-2H3. The van der Waals surface area contributed by atoms with Gasteiger partial charge in [-0.1, -0.05) is 35.0 Å². The predicted molar refractivity (Wildman–Crippen MR) is 91.3 cm³/mol. The van der Waals surface area contributed by atoms with Gasteiger partial charge in [-0.3, -0.25) is 0 Å². The molecular weight excluding hydrogens is 334 g/mol. The highest BCUT2D eigenvalue weighted by Gasteiger charge is 2.20. The van der Waals surface area contributed by atoms with E-state index in [4.69, 9.17) is 9.26 Å². The molecule has 0 amide bonds. The minimum Gasteiger partial charge on any atom is -0.452 e. The van der Waals surface area contributed by atoms with Crippen molar-refractivity contribution >= 4 is 11.6 Å². The molecule has 0 saturated carbocycles. The molecule has 8 nitrogen and oxygen atoms in total. The third-order valence-corrected chi connectivity index (χ3v) is 3.88. The second-order valence-electron chi connectivity index (χ2n) is 5.80. The van der Waals surface area contributed by atoms with Gasteiger partial charge in [0.1, 0.15) is 5.56 Å². The summed E-state index contributed by atoms with van der Waals surface area (Å²) in [6, 6.07) is 9.48. The number of rotatable bonds is 4. The van der Waals surface area contributed by atoms with Crippen LogP contribution >= 0.6 is 0 Å². The largest absolute Gasteiger partial charge is 0.452 e. The topological polar surface area (TPSA) is 95.4 Å². The van der Waals surface area contributed by atoms with E-state index in [1.54, 1.807) is 25.4 Å². The molecule has 4 rings (SSSR count). The molecule has 3 aromatic heterocycles. The molecule has 4 aromatic rings. The highest BCUT2D eigenvalue weighted by atomic mass is 16.6. The Morgan fingerprint density at radius 2 is 2.04 bits per heavy atom. The van der Waals surface area contributed by atoms with Crippen LogP contribution in [0.15, 0.2) is 47.2 Å². The highest BCUT2D eigenvalue weighted by molar-refractivity contribution is 5.97. The number of aryl methyl sites for hydroxylation is 2. The lowest BCUT2D eigenvalue weighted by Crippen LogP contribution is -2.07. The summed E-state index contributed by atoms with van der Waals surface area (Å²) in [5, 5.41) is 8.16. The molecule has 0 radical (unpaired) electrons. The molecule has 8 heteroatoms. The van der Waals surface area contributed by atoms with Crippen LogP contribution in [0.5, 0.6) is 0 Å². The lowest BCUT2D eigenvalue weighted by atomic mass is 10.1. The van der Waals surface area contributed by atoms with Crippen molar-refractivity contribution in [3.8, 4) is 11.4 Å². The smallest absolute Gasteiger partial charge is 0.344 e. The van der Waals surface area contributed by atoms with Crippen LogP contribution in [-0.2, 0) is 11.3 Å². The summed E-state index contributed by atoms with van der Waals surface area (Å²) in [4.78, 5) is 20.9. The first-order chi connectivity index (χ1) is 12.6. The summed E-state index contributed by atoms with van der Waals surface area (Å²) in [5.74, 6) is 0.132. The number of hydrogen-bond donors (Lipinski definition) is 0. The molecule has 3 heterocycles. The van der Waals surface area contributed by atoms with Gasteiger partial charge in [0.05, 0.1) is 5.69 Å². The van der Waals surface area contributed by atoms with Gasteiger partial charge in [-0.15, -0.1) is 0 Å². The van der Waals surface area contributed by atoms with E-state index in [2.05, 4.69) is 20.2 Å². The van der Waals surface area contributed by atoms with Crippen molar-refractivity contribution < 1.29 is 14.1 Å². The van der Waals surface area contributed by atoms with Gasteiger partial charge in [0.2, 0.25) is 5.82 Å². The van der Waals surface area contributed by atoms with Gasteiger partial charge >= 0.3 is 5.97 Å². The first-order valence-electron chi connectivity index (χ1n) is 7.98. The molecule has 0 aliphatic heterocycles. The van der Waals surface area contributed by atoms with Crippen LogP contribution < -0.4 is 0 Å². The van der Waals surface area contributed by atoms with Crippen molar-refractivity contribution in [2.24, 2.45) is 0 Å². The van der Waals surface area contributed by atoms with Gasteiger partial charge < -0.3 is 9.26 Å². The predicted octanol–water partition coefficient (Wildman–Crippen LogP) is 2.75. The zero-order valence-corrected chi connectivity index (χ0v) is 14.2. The first-order valence-corrected chi connectivity index (χ1v) is 7.98. The Hall–Kier alpha value is -3.55. The van der Waals surface area contributed by atoms with E-state index in [0.717, 1.165) is 11.1 Å². The van der Waals surface area contributed by atoms with Crippen molar-refractivity contribution in [3.63, 3.8) is 0 Å². The number of benzene rings is 1. The molecule has 0 aliphatic carbocycles. The Balaban J connectivity index is 1.50. The lowest BCUT2D eigenvalue weighted by molar-refractivity contribution is 0.0431. The third-order valence-electron chi connectivity index (χ3n) is 3.88. The fourth-order valence-electron chi connectivity index (χ4n) is 2.57. The summed E-state index contributed by atoms with van der Waals surface area (Å²) in [6.45, 7) is 3.61. The van der Waals surface area contributed by atoms with Crippen molar-refractivity contribution in [1.82, 2.24) is 24.7 Å². The minimum atomic E-state index is -0.536. The van der Waals surface area contributed by atoms with Gasteiger partial charge in [-0.05, 0) is 19.9 Å². The number of esters is 1. The van der Waals surface area contributed by atoms with Crippen LogP contribution in [-0.4, -0.2) is 30.7 Å². The molecule has 0 bridgehead atoms. The number of aromatic nitrogens is 5. The molecule has 0 spiro atoms. The van der Waals surface area contributed by atoms with E-state index in [1.165, 1.54) is 4.52 Å². The molecule has 26 heavy (non-hydrogen) atoms. The molecule has 0 N–H and O–H groups in total. The second-order valence-corrected chi connectivity index (χ2v) is 5.80. The fraction of sp³-hybridized carbons (Fsp3) is 0.167. The molecule has 0 saturated heterocycles. The third kappa shape index (κ3) is 2.92. The minimum absolute atomic E-state index is 0.124. The number of carbonyl (C=O) groups excluding carboxylic acids is 1. The summed E-state index contributed by atoms with van der Waals surface area (Å²) >= 11 is 0. The number of fused-ring (bicyclic) bond motifs is 1. The maximum atomic E-state index is 12.4. The van der Waals surface area contributed by atoms with Gasteiger partial charge in [0.15, 0.2) is 12.3 Å². The van der Waals surface area contributed by atoms with Crippen LogP contribution in [0, 0.1) is 13.8 Å². The highest BCUT2D eigenvalue weighted by Crippen LogP contribution is 2.18. The fourth-order valence-corrected chi connectivity index (χ4v) is 2.57. The molecule has 0 aliphatic rings. The molecule has 0 unspecified atom stereocenters. The number of nitrogens with zero attached hydrogens (tertiary/aromatic N) is 5. The maximum absolute atomic E-state index is 12.4. The Labute approximate surface area is 148 Å². The van der Waals surface area contributed by atoms with Crippen molar-refractivity contribution in [3.05, 3.63) is 65.4 Å². The normalized spacial score (nSPS) is 11.0. The van der Waals surface area contributed by atoms with Gasteiger partial charge in [-0.25, -0.2) is 14.3 Å². The van der Waals surface area contributed by atoms with Crippen LogP contribution in [0.4, 0.5) is 0 Å². The average Bonchev–Trinajstić information content (AvgIpc) is 3.24. The van der Waals surface area contributed by atoms with Crippen molar-refractivity contribution in [1.29, 1.82) is 0 Å². The second kappa shape index (κ2) is 6.40. The van der Waals surface area contributed by atoms with E-state index in [1.807, 2.05) is 31.2 Å². The monoisotopic (exact) mass is 349 g/mol. The van der Waals surface area contributed by atoms with E-state index in [-0.39, 0.29) is 12.5 Å². The lowest BCUT2D eigenvalue weighted by Gasteiger charge is -2.00. The molecule has 1 aromatic carbocycles. The molecule has 130 valence electrons. The van der Waals surface area contributed by atoms with Crippen LogP contribution in [0.3, 0.4) is 0 Å². The quantitative estimate of drug-likeness (QED) is 0.523. The maximum Gasteiger partial charge on any atom is 0.344 e. The Kier molecular flexibility index (Phi) is 3.92. The molecule has 0 fully saturated rings. The van der Waals surface area contributed by atoms with Gasteiger partial charge in [0, 0.05) is 18.0 Å². The number of ether oxygens (including phenoxy) is 1. The molecular formula is C18H15N5O3. The van der Waals surface area contributed by atoms with Crippen LogP contribution in [0.25, 0.3) is 17.0 Å². The zero-order valence-electron chi connectivity index (χ0n) is 14.2. The zero-order chi connectivity index (χ0) is 18.1. The first kappa shape index (κ1) is 15.9. The van der Waals surface area contributed by atoms with Crippen molar-refractivity contribution in [2.45, 2.75) is 20.5 Å². The summed E-state index contributed by atoms with van der Waals surface area (Å²) in [7, 11) is 0. The number of carbonyl (C=O) groups is 1. The van der Waals surface area contributed by atoms with Gasteiger partial charge in [0.25, 0.3) is 5.89 Å². The average molecular weight is 349 g/mol. The summed E-state index contributed by atoms with van der Waals surface area (Å²) < 4.78 is 12.0. The molecule has 0 atom stereocenters. The summed E-state index contributed by atoms with van der Waals surface area (Å²) in [5.41, 5.74) is 3.28. The van der Waals surface area contributed by atoms with E-state index in [0.29, 0.717) is 22.7 Å². The Bertz CT molecular complexity index is 1080. The van der Waals surface area contributed by atoms with E-state index >= 15 is 0 Å². The SMILES string of the molecule is Cc1ccc(-c2noc(COC(=O)c3c(C)nn4cccnc34)n2)cc1. The van der Waals surface area contributed by atoms with Gasteiger partial charge in [-0.2, -0.15) is 10.1 Å². The van der Waals surface area contributed by atoms with Crippen LogP contribution in [0.1, 0.15) is 27.5 Å². The number of hydrogen-bond acceptors (Lipinski definition) is 7. The Morgan fingerprint density at radius 1 is 1.23 bits per heavy atom. The van der Waals surface area contributed by atoms with Crippen LogP contribution in [0.2, 0.25) is 0 Å². The van der Waals surface area contributed by atoms with E-state index < -0.39 is 5.97 Å². The van der Waals surface area contributed by atoms with Crippen molar-refractivity contribution in [2.75, 3.05) is 0 Å². The summed E-state index contributed by atoms with van der Waals surface area (Å²) in [6.07, 6.45) is 3.32. The Morgan fingerprint density at radius 3 is 2.85 bits per heavy atom. The van der Waals surface area contributed by atoms with E-state index in [9.17, 15) is 4.79 Å².